The Hall–Kier alpha value is -4.80. The molecule has 0 bridgehead atoms. The van der Waals surface area contributed by atoms with E-state index >= 15 is 0 Å². The normalized spacial score (nSPS) is 13.6. The van der Waals surface area contributed by atoms with Crippen molar-refractivity contribution in [1.29, 1.82) is 10.5 Å². The van der Waals surface area contributed by atoms with E-state index in [2.05, 4.69) is 77.4 Å². The third kappa shape index (κ3) is 3.58. The Labute approximate surface area is 198 Å². The lowest BCUT2D eigenvalue weighted by Crippen LogP contribution is -2.02. The van der Waals surface area contributed by atoms with E-state index in [1.165, 1.54) is 21.8 Å². The average molecular weight is 440 g/mol. The summed E-state index contributed by atoms with van der Waals surface area (Å²) in [5.74, 6) is 1.27. The summed E-state index contributed by atoms with van der Waals surface area (Å²) >= 11 is 0. The third-order valence-electron chi connectivity index (χ3n) is 6.15. The summed E-state index contributed by atoms with van der Waals surface area (Å²) in [6, 6.07) is 29.2. The molecule has 4 nitrogen and oxygen atoms in total. The highest BCUT2D eigenvalue weighted by Crippen LogP contribution is 2.32. The van der Waals surface area contributed by atoms with Crippen LogP contribution in [0.2, 0.25) is 0 Å². The fourth-order valence-corrected chi connectivity index (χ4v) is 4.32. The molecule has 1 aliphatic rings. The number of hydrogen-bond acceptors (Lipinski definition) is 3. The Morgan fingerprint density at radius 1 is 0.794 bits per heavy atom. The van der Waals surface area contributed by atoms with Crippen LogP contribution in [0, 0.1) is 22.7 Å². The lowest BCUT2D eigenvalue weighted by molar-refractivity contribution is 0.313. The molecule has 0 unspecified atom stereocenters. The Bertz CT molecular complexity index is 1580. The first-order valence-electron chi connectivity index (χ1n) is 11.0. The van der Waals surface area contributed by atoms with Gasteiger partial charge in [0.25, 0.3) is 0 Å². The van der Waals surface area contributed by atoms with Gasteiger partial charge in [-0.25, -0.2) is 0 Å². The van der Waals surface area contributed by atoms with Gasteiger partial charge in [0.15, 0.2) is 0 Å². The van der Waals surface area contributed by atoms with Crippen molar-refractivity contribution < 1.29 is 4.74 Å². The zero-order valence-electron chi connectivity index (χ0n) is 18.9. The number of nitrogens with zero attached hydrogens (tertiary/aromatic N) is 3. The van der Waals surface area contributed by atoms with Crippen LogP contribution in [0.25, 0.3) is 33.6 Å². The first kappa shape index (κ1) is 21.1. The van der Waals surface area contributed by atoms with Gasteiger partial charge in [-0.1, -0.05) is 54.6 Å². The maximum Gasteiger partial charge on any atom is 0.137 e. The molecule has 0 spiro atoms. The van der Waals surface area contributed by atoms with E-state index < -0.39 is 0 Å². The lowest BCUT2D eigenvalue weighted by Gasteiger charge is -2.18. The van der Waals surface area contributed by atoms with Crippen molar-refractivity contribution in [3.8, 4) is 17.8 Å². The molecular weight excluding hydrogens is 418 g/mol. The van der Waals surface area contributed by atoms with E-state index in [0.717, 1.165) is 16.8 Å². The Kier molecular flexibility index (Phi) is 5.34. The Morgan fingerprint density at radius 3 is 1.97 bits per heavy atom. The largest absolute Gasteiger partial charge is 0.462 e. The van der Waals surface area contributed by atoms with Gasteiger partial charge in [-0.15, -0.1) is 0 Å². The second-order valence-electron chi connectivity index (χ2n) is 8.14. The molecule has 0 radical (unpaired) electrons. The minimum absolute atomic E-state index is 0.0848. The van der Waals surface area contributed by atoms with Crippen molar-refractivity contribution in [2.75, 3.05) is 0 Å². The fraction of sp³-hybridized carbons (Fsp3) is 0.0667. The van der Waals surface area contributed by atoms with E-state index in [9.17, 15) is 10.5 Å². The van der Waals surface area contributed by atoms with Crippen LogP contribution in [-0.4, -0.2) is 4.57 Å². The predicted molar refractivity (Wildman–Crippen MR) is 136 cm³/mol. The van der Waals surface area contributed by atoms with Gasteiger partial charge in [0, 0.05) is 22.0 Å². The van der Waals surface area contributed by atoms with E-state index in [1.807, 2.05) is 38.1 Å². The van der Waals surface area contributed by atoms with Gasteiger partial charge in [0.2, 0.25) is 0 Å². The van der Waals surface area contributed by atoms with Crippen LogP contribution in [0.1, 0.15) is 19.4 Å². The van der Waals surface area contributed by atoms with Crippen molar-refractivity contribution in [2.45, 2.75) is 13.8 Å². The molecule has 0 aliphatic carbocycles. The van der Waals surface area contributed by atoms with Crippen LogP contribution in [0.5, 0.6) is 0 Å². The SMILES string of the molecule is CC1=C(C)C(=C(C#N)C#N)C=C(/C=C/c2ccc(-n3c4ccccc4c4ccccc43)cc2)O1. The molecule has 3 aromatic carbocycles. The van der Waals surface area contributed by atoms with Crippen molar-refractivity contribution in [2.24, 2.45) is 0 Å². The average Bonchev–Trinajstić information content (AvgIpc) is 3.21. The number of para-hydroxylation sites is 2. The van der Waals surface area contributed by atoms with Crippen molar-refractivity contribution in [3.05, 3.63) is 119 Å². The highest BCUT2D eigenvalue weighted by Gasteiger charge is 2.16. The summed E-state index contributed by atoms with van der Waals surface area (Å²) in [4.78, 5) is 0. The van der Waals surface area contributed by atoms with Gasteiger partial charge in [0.1, 0.15) is 29.2 Å². The highest BCUT2D eigenvalue weighted by molar-refractivity contribution is 6.09. The second-order valence-corrected chi connectivity index (χ2v) is 8.14. The second kappa shape index (κ2) is 8.62. The summed E-state index contributed by atoms with van der Waals surface area (Å²) < 4.78 is 8.15. The van der Waals surface area contributed by atoms with Crippen LogP contribution in [0.4, 0.5) is 0 Å². The summed E-state index contributed by atoms with van der Waals surface area (Å²) in [6.45, 7) is 3.69. The Balaban J connectivity index is 1.49. The number of allylic oxidation sites excluding steroid dienone is 6. The molecule has 162 valence electrons. The number of aromatic nitrogens is 1. The highest BCUT2D eigenvalue weighted by atomic mass is 16.5. The lowest BCUT2D eigenvalue weighted by atomic mass is 9.98. The summed E-state index contributed by atoms with van der Waals surface area (Å²) in [6.07, 6.45) is 5.57. The minimum Gasteiger partial charge on any atom is -0.462 e. The molecule has 0 N–H and O–H groups in total. The van der Waals surface area contributed by atoms with Crippen LogP contribution in [0.15, 0.2) is 113 Å². The van der Waals surface area contributed by atoms with Gasteiger partial charge in [-0.3, -0.25) is 0 Å². The fourth-order valence-electron chi connectivity index (χ4n) is 4.32. The van der Waals surface area contributed by atoms with Crippen LogP contribution >= 0.6 is 0 Å². The van der Waals surface area contributed by atoms with E-state index in [1.54, 1.807) is 6.08 Å². The number of benzene rings is 3. The molecule has 5 rings (SSSR count). The number of ether oxygens (including phenoxy) is 1. The van der Waals surface area contributed by atoms with Crippen molar-refractivity contribution in [1.82, 2.24) is 4.57 Å². The number of rotatable bonds is 3. The standard InChI is InChI=1S/C30H21N3O/c1-20-21(2)34-25(17-28(20)23(18-31)19-32)16-13-22-11-14-24(15-12-22)33-29-9-5-3-7-26(29)27-8-4-6-10-30(27)33/h3-17H,1-2H3/b16-13+. The Morgan fingerprint density at radius 2 is 1.38 bits per heavy atom. The van der Waals surface area contributed by atoms with Crippen molar-refractivity contribution >= 4 is 27.9 Å². The first-order chi connectivity index (χ1) is 16.6. The monoisotopic (exact) mass is 439 g/mol. The number of nitriles is 2. The molecule has 0 saturated heterocycles. The molecular formula is C30H21N3O. The zero-order valence-corrected chi connectivity index (χ0v) is 18.9. The summed E-state index contributed by atoms with van der Waals surface area (Å²) in [5.41, 5.74) is 5.95. The van der Waals surface area contributed by atoms with Crippen LogP contribution in [0.3, 0.4) is 0 Å². The van der Waals surface area contributed by atoms with Gasteiger partial charge in [-0.2, -0.15) is 10.5 Å². The van der Waals surface area contributed by atoms with Gasteiger partial charge >= 0.3 is 0 Å². The van der Waals surface area contributed by atoms with Gasteiger partial charge in [0.05, 0.1) is 11.0 Å². The molecule has 4 aromatic rings. The topological polar surface area (TPSA) is 61.7 Å². The summed E-state index contributed by atoms with van der Waals surface area (Å²) in [7, 11) is 0. The van der Waals surface area contributed by atoms with Crippen molar-refractivity contribution in [3.63, 3.8) is 0 Å². The van der Waals surface area contributed by atoms with Crippen LogP contribution in [-0.2, 0) is 4.74 Å². The van der Waals surface area contributed by atoms with E-state index in [-0.39, 0.29) is 5.57 Å². The minimum atomic E-state index is 0.0848. The molecule has 0 atom stereocenters. The number of fused-ring (bicyclic) bond motifs is 3. The maximum atomic E-state index is 9.27. The van der Waals surface area contributed by atoms with Gasteiger partial charge < -0.3 is 9.30 Å². The maximum absolute atomic E-state index is 9.27. The predicted octanol–water partition coefficient (Wildman–Crippen LogP) is 7.35. The van der Waals surface area contributed by atoms with Crippen LogP contribution < -0.4 is 0 Å². The molecule has 0 amide bonds. The molecule has 0 fully saturated rings. The molecule has 1 aliphatic heterocycles. The number of hydrogen-bond donors (Lipinski definition) is 0. The van der Waals surface area contributed by atoms with E-state index in [0.29, 0.717) is 17.1 Å². The molecule has 34 heavy (non-hydrogen) atoms. The quantitative estimate of drug-likeness (QED) is 0.314. The smallest absolute Gasteiger partial charge is 0.137 e. The summed E-state index contributed by atoms with van der Waals surface area (Å²) in [5, 5.41) is 21.0. The molecule has 1 aromatic heterocycles. The van der Waals surface area contributed by atoms with Gasteiger partial charge in [-0.05, 0) is 61.4 Å². The van der Waals surface area contributed by atoms with E-state index in [4.69, 9.17) is 4.74 Å². The molecule has 4 heteroatoms. The third-order valence-corrected chi connectivity index (χ3v) is 6.15. The molecule has 2 heterocycles. The zero-order chi connectivity index (χ0) is 23.7. The molecule has 0 saturated carbocycles. The first-order valence-corrected chi connectivity index (χ1v) is 11.0.